The molecule has 0 spiro atoms. The van der Waals surface area contributed by atoms with Gasteiger partial charge in [-0.15, -0.1) is 0 Å². The Kier molecular flexibility index (Phi) is 25.6. The summed E-state index contributed by atoms with van der Waals surface area (Å²) in [6.45, 7) is 21.6. The normalized spacial score (nSPS) is 9.94. The summed E-state index contributed by atoms with van der Waals surface area (Å²) in [5.74, 6) is -10.3. The van der Waals surface area contributed by atoms with Gasteiger partial charge >= 0.3 is 0 Å². The second-order valence-corrected chi connectivity index (χ2v) is 16.7. The van der Waals surface area contributed by atoms with E-state index in [9.17, 15) is 26.3 Å². The number of rotatable bonds is 4. The summed E-state index contributed by atoms with van der Waals surface area (Å²) >= 11 is 7.07. The number of benzene rings is 6. The van der Waals surface area contributed by atoms with Gasteiger partial charge in [-0.2, -0.15) is 0 Å². The van der Waals surface area contributed by atoms with Crippen LogP contribution in [0, 0.1) is 90.3 Å². The number of halogens is 8. The molecule has 0 unspecified atom stereocenters. The molecule has 0 aliphatic rings. The van der Waals surface area contributed by atoms with Crippen LogP contribution in [0.3, 0.4) is 0 Å². The van der Waals surface area contributed by atoms with E-state index in [0.29, 0.717) is 33.4 Å². The molecule has 6 aromatic carbocycles. The zero-order chi connectivity index (χ0) is 53.0. The van der Waals surface area contributed by atoms with E-state index in [1.54, 1.807) is 39.8 Å². The van der Waals surface area contributed by atoms with E-state index in [4.69, 9.17) is 47.8 Å². The summed E-state index contributed by atoms with van der Waals surface area (Å²) in [5.41, 5.74) is 38.5. The van der Waals surface area contributed by atoms with Gasteiger partial charge in [0.2, 0.25) is 0 Å². The molecule has 0 aromatic heterocycles. The third-order valence-electron chi connectivity index (χ3n) is 10.5. The minimum Gasteiger partial charge on any atom is -0.481 e. The average Bonchev–Trinajstić information content (AvgIpc) is 3.26. The molecule has 18 heteroatoms. The maximum atomic E-state index is 14.0. The fourth-order valence-electron chi connectivity index (χ4n) is 6.85. The quantitative estimate of drug-likeness (QED) is 0.0388. The van der Waals surface area contributed by atoms with Crippen LogP contribution in [0.25, 0.3) is 44.5 Å². The van der Waals surface area contributed by atoms with Gasteiger partial charge in [0, 0.05) is 95.1 Å². The number of anilines is 4. The van der Waals surface area contributed by atoms with Crippen molar-refractivity contribution in [2.75, 3.05) is 30.0 Å². The number of nitrogens with two attached hydrogens (primary N) is 4. The molecule has 0 bridgehead atoms. The first-order chi connectivity index (χ1) is 31.5. The minimum atomic E-state index is -1.59. The molecule has 0 aliphatic carbocycles. The van der Waals surface area contributed by atoms with Crippen molar-refractivity contribution in [1.82, 2.24) is 0 Å². The number of hydrogen-bond acceptors (Lipinski definition) is 7. The number of carboxylic acids is 2. The Bertz CT molecular complexity index is 2550. The maximum Gasteiger partial charge on any atom is 0.300 e. The zero-order valence-corrected chi connectivity index (χ0v) is 45.2. The van der Waals surface area contributed by atoms with E-state index in [2.05, 4.69) is 59.6 Å². The van der Waals surface area contributed by atoms with Crippen LogP contribution in [0.2, 0.25) is 0 Å². The first kappa shape index (κ1) is 63.6. The van der Waals surface area contributed by atoms with Gasteiger partial charge in [-0.05, 0) is 191 Å². The molecule has 69 heavy (non-hydrogen) atoms. The standard InChI is InChI=1S/C28H22F6N2.C16H18Br2N2.2C2H4O2.C2H6.CH4O.Pd/c1-11-5-17(15-7-19(29)25(33)20(30)8-15)27(35)23(13(11)3)24-14(4)12(2)6-18(28(24)36)16-9-21(31)26(34)22(32)10-16;1-7-5-11(17)15(19)13(9(7)3)14-10(4)8(2)6-12(18)16(14)20;2*1-2(3)4;2*1-2;/h5-10H,35-36H2,1-4H3;5-6H,19-20H2,1-4H3;2*1H3,(H,3,4);1-2H3;2H,1H3;. The van der Waals surface area contributed by atoms with Crippen LogP contribution in [0.5, 0.6) is 0 Å². The fraction of sp³-hybridized carbons (Fsp3) is 0.255. The van der Waals surface area contributed by atoms with E-state index >= 15 is 0 Å². The number of carboxylic acid groups (broad SMARTS) is 2. The number of nitrogen functional groups attached to an aromatic ring is 4. The molecular formula is C51H58Br2F6N4O5Pd. The Morgan fingerprint density at radius 2 is 0.623 bits per heavy atom. The van der Waals surface area contributed by atoms with Crippen molar-refractivity contribution < 1.29 is 71.7 Å². The van der Waals surface area contributed by atoms with Gasteiger partial charge < -0.3 is 38.3 Å². The Labute approximate surface area is 430 Å². The second-order valence-electron chi connectivity index (χ2n) is 15.0. The number of hydrogen-bond donors (Lipinski definition) is 7. The monoisotopic (exact) mass is 1180 g/mol. The summed E-state index contributed by atoms with van der Waals surface area (Å²) < 4.78 is 85.0. The van der Waals surface area contributed by atoms with Gasteiger partial charge in [0.05, 0.1) is 11.4 Å². The number of aliphatic carboxylic acids is 2. The van der Waals surface area contributed by atoms with E-state index in [1.165, 1.54) is 11.1 Å². The van der Waals surface area contributed by atoms with Crippen LogP contribution in [-0.2, 0) is 30.0 Å². The van der Waals surface area contributed by atoms with Gasteiger partial charge in [-0.25, -0.2) is 26.3 Å². The van der Waals surface area contributed by atoms with Crippen molar-refractivity contribution in [2.45, 2.75) is 83.1 Å². The summed E-state index contributed by atoms with van der Waals surface area (Å²) in [7, 11) is 1.00. The summed E-state index contributed by atoms with van der Waals surface area (Å²) in [4.78, 5) is 18.0. The molecule has 0 atom stereocenters. The SMILES string of the molecule is CC.CC(=O)O.CC(=O)O.CO.Cc1cc(-c2cc(F)c(F)c(F)c2)c(N)c(-c2c(C)c(C)cc(-c3cc(F)c(F)c(F)c3)c2N)c1C.Cc1cc(Br)c(N)c(-c2c(C)c(C)cc(Br)c2N)c1C.[Pd]. The third-order valence-corrected chi connectivity index (χ3v) is 11.8. The van der Waals surface area contributed by atoms with E-state index in [1.807, 2.05) is 26.0 Å². The van der Waals surface area contributed by atoms with Gasteiger partial charge in [0.15, 0.2) is 34.9 Å². The van der Waals surface area contributed by atoms with Crippen LogP contribution >= 0.6 is 31.9 Å². The van der Waals surface area contributed by atoms with Crippen LogP contribution in [0.1, 0.15) is 72.2 Å². The van der Waals surface area contributed by atoms with Crippen molar-refractivity contribution in [1.29, 1.82) is 0 Å². The molecule has 0 saturated carbocycles. The first-order valence-electron chi connectivity index (χ1n) is 20.6. The molecular weight excluding hydrogens is 1130 g/mol. The molecule has 6 rings (SSSR count). The topological polar surface area (TPSA) is 199 Å². The van der Waals surface area contributed by atoms with Crippen molar-refractivity contribution in [3.8, 4) is 44.5 Å². The fourth-order valence-corrected chi connectivity index (χ4v) is 7.93. The summed E-state index contributed by atoms with van der Waals surface area (Å²) in [6.07, 6.45) is 0. The number of aliphatic hydroxyl groups is 1. The Morgan fingerprint density at radius 3 is 0.841 bits per heavy atom. The molecule has 0 amide bonds. The average molecular weight is 1190 g/mol. The van der Waals surface area contributed by atoms with Gasteiger partial charge in [0.1, 0.15) is 0 Å². The number of carbonyl (C=O) groups is 2. The molecule has 0 radical (unpaired) electrons. The molecule has 0 heterocycles. The third kappa shape index (κ3) is 15.3. The van der Waals surface area contributed by atoms with Crippen LogP contribution in [-0.4, -0.2) is 34.4 Å². The smallest absolute Gasteiger partial charge is 0.300 e. The Balaban J connectivity index is 0.00000118. The summed E-state index contributed by atoms with van der Waals surface area (Å²) in [5, 5.41) is 21.8. The van der Waals surface area contributed by atoms with Crippen LogP contribution < -0.4 is 22.9 Å². The van der Waals surface area contributed by atoms with Crippen LogP contribution in [0.4, 0.5) is 49.1 Å². The summed E-state index contributed by atoms with van der Waals surface area (Å²) in [6, 6.07) is 10.8. The van der Waals surface area contributed by atoms with Gasteiger partial charge in [-0.3, -0.25) is 9.59 Å². The minimum absolute atomic E-state index is 0. The second kappa shape index (κ2) is 27.7. The van der Waals surface area contributed by atoms with E-state index in [0.717, 1.165) is 87.8 Å². The Morgan fingerprint density at radius 1 is 0.435 bits per heavy atom. The van der Waals surface area contributed by atoms with Crippen molar-refractivity contribution in [2.24, 2.45) is 0 Å². The van der Waals surface area contributed by atoms with Crippen molar-refractivity contribution >= 4 is 66.5 Å². The van der Waals surface area contributed by atoms with Crippen LogP contribution in [0.15, 0.2) is 57.5 Å². The van der Waals surface area contributed by atoms with Crippen molar-refractivity contribution in [3.63, 3.8) is 0 Å². The van der Waals surface area contributed by atoms with Gasteiger partial charge in [0.25, 0.3) is 11.9 Å². The predicted octanol–water partition coefficient (Wildman–Crippen LogP) is 14.0. The Hall–Kier alpha value is -5.38. The van der Waals surface area contributed by atoms with Gasteiger partial charge in [-0.1, -0.05) is 13.8 Å². The number of aryl methyl sites for hydroxylation is 4. The van der Waals surface area contributed by atoms with E-state index < -0.39 is 46.8 Å². The van der Waals surface area contributed by atoms with E-state index in [-0.39, 0.29) is 54.1 Å². The first-order valence-corrected chi connectivity index (χ1v) is 22.2. The molecule has 0 aliphatic heterocycles. The molecule has 0 fully saturated rings. The molecule has 9 nitrogen and oxygen atoms in total. The predicted molar refractivity (Wildman–Crippen MR) is 271 cm³/mol. The molecule has 0 saturated heterocycles. The zero-order valence-electron chi connectivity index (χ0n) is 40.4. The molecule has 11 N–H and O–H groups in total. The largest absolute Gasteiger partial charge is 0.481 e. The van der Waals surface area contributed by atoms with Crippen molar-refractivity contribution in [3.05, 3.63) is 137 Å². The number of aliphatic hydroxyl groups excluding tert-OH is 1. The molecule has 378 valence electrons. The molecule has 6 aromatic rings. The maximum absolute atomic E-state index is 14.0.